The number of carbonyl (C=O) groups excluding carboxylic acids is 1. The van der Waals surface area contributed by atoms with Crippen LogP contribution in [0.4, 0.5) is 16.2 Å². The third kappa shape index (κ3) is 3.82. The largest absolute Gasteiger partial charge is 0.365 e. The number of rotatable bonds is 2. The molecule has 0 saturated carbocycles. The molecule has 0 bridgehead atoms. The van der Waals surface area contributed by atoms with Gasteiger partial charge >= 0.3 is 6.03 Å². The summed E-state index contributed by atoms with van der Waals surface area (Å²) in [6.07, 6.45) is 0. The summed E-state index contributed by atoms with van der Waals surface area (Å²) in [7, 11) is 0. The van der Waals surface area contributed by atoms with Crippen LogP contribution in [0.25, 0.3) is 0 Å². The molecular weight excluding hydrogens is 322 g/mol. The monoisotopic (exact) mass is 343 g/mol. The van der Waals surface area contributed by atoms with Gasteiger partial charge < -0.3 is 15.1 Å². The Morgan fingerprint density at radius 2 is 1.75 bits per heavy atom. The molecule has 1 aliphatic heterocycles. The van der Waals surface area contributed by atoms with E-state index in [4.69, 9.17) is 11.6 Å². The molecule has 1 saturated heterocycles. The van der Waals surface area contributed by atoms with Crippen molar-refractivity contribution in [1.29, 1.82) is 0 Å². The highest BCUT2D eigenvalue weighted by Gasteiger charge is 2.26. The predicted octanol–water partition coefficient (Wildman–Crippen LogP) is 4.39. The van der Waals surface area contributed by atoms with E-state index in [0.717, 1.165) is 12.2 Å². The van der Waals surface area contributed by atoms with Crippen LogP contribution in [0.2, 0.25) is 5.02 Å². The summed E-state index contributed by atoms with van der Waals surface area (Å²) in [5.41, 5.74) is 3.23. The molecule has 3 rings (SSSR count). The Balaban J connectivity index is 1.61. The molecule has 0 unspecified atom stereocenters. The summed E-state index contributed by atoms with van der Waals surface area (Å²) in [6.45, 7) is 6.48. The van der Waals surface area contributed by atoms with Gasteiger partial charge in [-0.3, -0.25) is 0 Å². The molecule has 1 fully saturated rings. The van der Waals surface area contributed by atoms with Gasteiger partial charge in [-0.25, -0.2) is 4.79 Å². The van der Waals surface area contributed by atoms with Gasteiger partial charge in [0.2, 0.25) is 0 Å². The SMILES string of the molecule is Cc1ccc(N2CCN(C(=O)Nc3ccc(Cl)cc3)C[C@@H]2C)cc1. The second-order valence-corrected chi connectivity index (χ2v) is 6.70. The fourth-order valence-electron chi connectivity index (χ4n) is 3.00. The number of halogens is 1. The first-order valence-electron chi connectivity index (χ1n) is 8.18. The number of hydrogen-bond donors (Lipinski definition) is 1. The molecule has 1 atom stereocenters. The van der Waals surface area contributed by atoms with Gasteiger partial charge in [-0.1, -0.05) is 29.3 Å². The zero-order valence-electron chi connectivity index (χ0n) is 14.0. The van der Waals surface area contributed by atoms with E-state index in [-0.39, 0.29) is 12.1 Å². The van der Waals surface area contributed by atoms with E-state index in [1.165, 1.54) is 11.3 Å². The lowest BCUT2D eigenvalue weighted by molar-refractivity contribution is 0.200. The summed E-state index contributed by atoms with van der Waals surface area (Å²) >= 11 is 5.87. The smallest absolute Gasteiger partial charge is 0.321 e. The van der Waals surface area contributed by atoms with Gasteiger partial charge in [0.15, 0.2) is 0 Å². The van der Waals surface area contributed by atoms with Gasteiger partial charge in [0.25, 0.3) is 0 Å². The summed E-state index contributed by atoms with van der Waals surface area (Å²) in [4.78, 5) is 16.7. The Labute approximate surface area is 148 Å². The van der Waals surface area contributed by atoms with Crippen LogP contribution >= 0.6 is 11.6 Å². The van der Waals surface area contributed by atoms with Crippen LogP contribution in [0.15, 0.2) is 48.5 Å². The molecule has 2 aromatic carbocycles. The maximum absolute atomic E-state index is 12.4. The fraction of sp³-hybridized carbons (Fsp3) is 0.316. The molecule has 2 amide bonds. The molecule has 24 heavy (non-hydrogen) atoms. The molecule has 0 spiro atoms. The number of piperazine rings is 1. The number of nitrogens with one attached hydrogen (secondary N) is 1. The predicted molar refractivity (Wildman–Crippen MR) is 100 cm³/mol. The number of urea groups is 1. The van der Waals surface area contributed by atoms with Crippen LogP contribution in [-0.4, -0.2) is 36.6 Å². The number of anilines is 2. The third-order valence-electron chi connectivity index (χ3n) is 4.38. The van der Waals surface area contributed by atoms with E-state index in [9.17, 15) is 4.79 Å². The molecular formula is C19H22ClN3O. The highest BCUT2D eigenvalue weighted by Crippen LogP contribution is 2.22. The van der Waals surface area contributed by atoms with Gasteiger partial charge in [0.1, 0.15) is 0 Å². The summed E-state index contributed by atoms with van der Waals surface area (Å²) < 4.78 is 0. The Morgan fingerprint density at radius 3 is 2.38 bits per heavy atom. The van der Waals surface area contributed by atoms with Crippen molar-refractivity contribution in [2.24, 2.45) is 0 Å². The number of amides is 2. The second-order valence-electron chi connectivity index (χ2n) is 6.26. The van der Waals surface area contributed by atoms with E-state index in [1.54, 1.807) is 12.1 Å². The van der Waals surface area contributed by atoms with Crippen LogP contribution in [0.1, 0.15) is 12.5 Å². The lowest BCUT2D eigenvalue weighted by Crippen LogP contribution is -2.54. The zero-order valence-corrected chi connectivity index (χ0v) is 14.8. The van der Waals surface area contributed by atoms with Crippen molar-refractivity contribution in [1.82, 2.24) is 4.90 Å². The third-order valence-corrected chi connectivity index (χ3v) is 4.63. The van der Waals surface area contributed by atoms with E-state index in [2.05, 4.69) is 48.3 Å². The topological polar surface area (TPSA) is 35.6 Å². The first-order valence-corrected chi connectivity index (χ1v) is 8.55. The lowest BCUT2D eigenvalue weighted by Gasteiger charge is -2.41. The molecule has 1 heterocycles. The van der Waals surface area contributed by atoms with Crippen molar-refractivity contribution in [3.63, 3.8) is 0 Å². The molecule has 2 aromatic rings. The van der Waals surface area contributed by atoms with Gasteiger partial charge in [0.05, 0.1) is 0 Å². The Kier molecular flexibility index (Phi) is 4.95. The molecule has 5 heteroatoms. The number of nitrogens with zero attached hydrogens (tertiary/aromatic N) is 2. The quantitative estimate of drug-likeness (QED) is 0.877. The Hall–Kier alpha value is -2.20. The van der Waals surface area contributed by atoms with Crippen molar-refractivity contribution in [2.75, 3.05) is 29.9 Å². The van der Waals surface area contributed by atoms with Crippen molar-refractivity contribution >= 4 is 29.0 Å². The van der Waals surface area contributed by atoms with Crippen molar-refractivity contribution in [3.05, 3.63) is 59.1 Å². The number of hydrogen-bond acceptors (Lipinski definition) is 2. The summed E-state index contributed by atoms with van der Waals surface area (Å²) in [5, 5.41) is 3.59. The Bertz CT molecular complexity index is 700. The first-order chi connectivity index (χ1) is 11.5. The van der Waals surface area contributed by atoms with Gasteiger partial charge in [-0.05, 0) is 50.2 Å². The van der Waals surface area contributed by atoms with E-state index >= 15 is 0 Å². The van der Waals surface area contributed by atoms with Crippen molar-refractivity contribution in [2.45, 2.75) is 19.9 Å². The normalized spacial score (nSPS) is 17.7. The molecule has 4 nitrogen and oxygen atoms in total. The highest BCUT2D eigenvalue weighted by molar-refractivity contribution is 6.30. The van der Waals surface area contributed by atoms with Crippen LogP contribution in [0.3, 0.4) is 0 Å². The molecule has 0 aromatic heterocycles. The highest BCUT2D eigenvalue weighted by atomic mass is 35.5. The first kappa shape index (κ1) is 16.7. The molecule has 1 N–H and O–H groups in total. The zero-order chi connectivity index (χ0) is 17.1. The average molecular weight is 344 g/mol. The van der Waals surface area contributed by atoms with Crippen molar-refractivity contribution in [3.8, 4) is 0 Å². The van der Waals surface area contributed by atoms with Crippen LogP contribution in [0, 0.1) is 6.92 Å². The van der Waals surface area contributed by atoms with E-state index < -0.39 is 0 Å². The van der Waals surface area contributed by atoms with Crippen molar-refractivity contribution < 1.29 is 4.79 Å². The summed E-state index contributed by atoms with van der Waals surface area (Å²) in [5.74, 6) is 0. The Morgan fingerprint density at radius 1 is 1.08 bits per heavy atom. The molecule has 1 aliphatic rings. The number of benzene rings is 2. The average Bonchev–Trinajstić information content (AvgIpc) is 2.58. The van der Waals surface area contributed by atoms with E-state index in [0.29, 0.717) is 18.1 Å². The lowest BCUT2D eigenvalue weighted by atomic mass is 10.1. The molecule has 0 aliphatic carbocycles. The second kappa shape index (κ2) is 7.14. The van der Waals surface area contributed by atoms with E-state index in [1.807, 2.05) is 17.0 Å². The van der Waals surface area contributed by atoms with Crippen LogP contribution in [-0.2, 0) is 0 Å². The molecule has 0 radical (unpaired) electrons. The van der Waals surface area contributed by atoms with Crippen LogP contribution < -0.4 is 10.2 Å². The van der Waals surface area contributed by atoms with Gasteiger partial charge in [-0.15, -0.1) is 0 Å². The van der Waals surface area contributed by atoms with Gasteiger partial charge in [-0.2, -0.15) is 0 Å². The maximum Gasteiger partial charge on any atom is 0.321 e. The standard InChI is InChI=1S/C19H22ClN3O/c1-14-3-9-18(10-4-14)23-12-11-22(13-15(23)2)19(24)21-17-7-5-16(20)6-8-17/h3-10,15H,11-13H2,1-2H3,(H,21,24)/t15-/m0/s1. The maximum atomic E-state index is 12.4. The van der Waals surface area contributed by atoms with Gasteiger partial charge in [0, 0.05) is 42.1 Å². The molecule has 126 valence electrons. The van der Waals surface area contributed by atoms with Crippen LogP contribution in [0.5, 0.6) is 0 Å². The number of aryl methyl sites for hydroxylation is 1. The minimum absolute atomic E-state index is 0.0623. The fourth-order valence-corrected chi connectivity index (χ4v) is 3.12. The minimum atomic E-state index is -0.0623. The minimum Gasteiger partial charge on any atom is -0.365 e. The number of carbonyl (C=O) groups is 1. The summed E-state index contributed by atoms with van der Waals surface area (Å²) in [6, 6.07) is 15.9.